The van der Waals surface area contributed by atoms with Crippen LogP contribution in [0.1, 0.15) is 42.9 Å². The Balaban J connectivity index is 1.65. The second-order valence-electron chi connectivity index (χ2n) is 6.97. The highest BCUT2D eigenvalue weighted by Crippen LogP contribution is 2.36. The van der Waals surface area contributed by atoms with Crippen LogP contribution in [-0.4, -0.2) is 25.5 Å². The Morgan fingerprint density at radius 2 is 2.26 bits per heavy atom. The number of hydrogen-bond acceptors (Lipinski definition) is 5. The quantitative estimate of drug-likeness (QED) is 0.649. The minimum atomic E-state index is -0.207. The zero-order valence-corrected chi connectivity index (χ0v) is 16.4. The van der Waals surface area contributed by atoms with E-state index in [1.807, 2.05) is 24.4 Å². The van der Waals surface area contributed by atoms with E-state index in [1.54, 1.807) is 16.9 Å². The summed E-state index contributed by atoms with van der Waals surface area (Å²) in [5.41, 5.74) is 8.37. The highest BCUT2D eigenvalue weighted by molar-refractivity contribution is 9.10. The topological polar surface area (TPSA) is 98.2 Å². The Kier molecular flexibility index (Phi) is 5.07. The van der Waals surface area contributed by atoms with Crippen LogP contribution in [0.25, 0.3) is 5.65 Å². The van der Waals surface area contributed by atoms with Gasteiger partial charge in [0.15, 0.2) is 5.65 Å². The van der Waals surface area contributed by atoms with Crippen molar-refractivity contribution in [3.8, 4) is 0 Å². The van der Waals surface area contributed by atoms with Gasteiger partial charge in [-0.05, 0) is 46.8 Å². The number of carbonyl (C=O) groups excluding carboxylic acids is 1. The fraction of sp³-hybridized carbons (Fsp3) is 0.368. The van der Waals surface area contributed by atoms with Crippen molar-refractivity contribution < 1.29 is 4.79 Å². The number of fused-ring (bicyclic) bond motifs is 1. The molecule has 1 aliphatic rings. The van der Waals surface area contributed by atoms with Crippen molar-refractivity contribution in [1.82, 2.24) is 19.6 Å². The number of nitrogens with two attached hydrogens (primary N) is 1. The average Bonchev–Trinajstić information content (AvgIpc) is 3.08. The molecule has 3 heterocycles. The fourth-order valence-electron chi connectivity index (χ4n) is 3.70. The first-order chi connectivity index (χ1) is 13.1. The minimum absolute atomic E-state index is 0.0677. The highest BCUT2D eigenvalue weighted by Gasteiger charge is 2.28. The van der Waals surface area contributed by atoms with Crippen molar-refractivity contribution in [2.75, 3.05) is 5.32 Å². The number of carbonyl (C=O) groups is 1. The maximum absolute atomic E-state index is 11.6. The van der Waals surface area contributed by atoms with Gasteiger partial charge in [-0.15, -0.1) is 0 Å². The number of nitrogens with one attached hydrogen (secondary N) is 1. The Labute approximate surface area is 165 Å². The lowest BCUT2D eigenvalue weighted by Gasteiger charge is -2.27. The van der Waals surface area contributed by atoms with Gasteiger partial charge in [-0.3, -0.25) is 9.78 Å². The summed E-state index contributed by atoms with van der Waals surface area (Å²) >= 11 is 3.53. The number of aromatic nitrogens is 4. The van der Waals surface area contributed by atoms with Crippen molar-refractivity contribution >= 4 is 33.3 Å². The van der Waals surface area contributed by atoms with Gasteiger partial charge in [0.25, 0.3) is 0 Å². The first kappa shape index (κ1) is 17.9. The molecule has 1 aliphatic carbocycles. The van der Waals surface area contributed by atoms with E-state index in [0.717, 1.165) is 52.9 Å². The molecular weight excluding hydrogens is 408 g/mol. The van der Waals surface area contributed by atoms with Crippen LogP contribution in [0.15, 0.2) is 41.3 Å². The normalized spacial score (nSPS) is 19.9. The Morgan fingerprint density at radius 3 is 3.04 bits per heavy atom. The maximum atomic E-state index is 11.6. The summed E-state index contributed by atoms with van der Waals surface area (Å²) in [7, 11) is 0. The van der Waals surface area contributed by atoms with E-state index in [-0.39, 0.29) is 17.7 Å². The Hall–Kier alpha value is -2.48. The third-order valence-corrected chi connectivity index (χ3v) is 5.70. The molecular formula is C19H21BrN6O. The fourth-order valence-corrected chi connectivity index (χ4v) is 4.05. The van der Waals surface area contributed by atoms with E-state index in [1.165, 1.54) is 0 Å². The van der Waals surface area contributed by atoms with E-state index in [2.05, 4.69) is 31.3 Å². The zero-order chi connectivity index (χ0) is 18.8. The first-order valence-corrected chi connectivity index (χ1v) is 9.87. The molecule has 1 amide bonds. The standard InChI is InChI=1S/C19H21BrN6O/c20-15-11-24-26-17(23-10-12-3-2-6-22-9-12)8-16(25-19(15)26)13-4-1-5-14(7-13)18(21)27/h2-3,6,8-9,11,13-14,23H,1,4-5,7,10H2,(H2,21,27). The third kappa shape index (κ3) is 3.80. The molecule has 8 heteroatoms. The largest absolute Gasteiger partial charge is 0.369 e. The Bertz CT molecular complexity index is 957. The summed E-state index contributed by atoms with van der Waals surface area (Å²) < 4.78 is 2.63. The van der Waals surface area contributed by atoms with Crippen LogP contribution in [0.5, 0.6) is 0 Å². The second-order valence-corrected chi connectivity index (χ2v) is 7.83. The summed E-state index contributed by atoms with van der Waals surface area (Å²) in [6, 6.07) is 5.98. The zero-order valence-electron chi connectivity index (χ0n) is 14.8. The van der Waals surface area contributed by atoms with Gasteiger partial charge in [0.2, 0.25) is 5.91 Å². The van der Waals surface area contributed by atoms with Gasteiger partial charge < -0.3 is 11.1 Å². The molecule has 3 N–H and O–H groups in total. The monoisotopic (exact) mass is 428 g/mol. The molecule has 7 nitrogen and oxygen atoms in total. The number of hydrogen-bond donors (Lipinski definition) is 2. The molecule has 2 unspecified atom stereocenters. The Morgan fingerprint density at radius 1 is 1.37 bits per heavy atom. The van der Waals surface area contributed by atoms with Gasteiger partial charge >= 0.3 is 0 Å². The first-order valence-electron chi connectivity index (χ1n) is 9.08. The molecule has 0 radical (unpaired) electrons. The van der Waals surface area contributed by atoms with E-state index < -0.39 is 0 Å². The number of pyridine rings is 1. The van der Waals surface area contributed by atoms with E-state index in [9.17, 15) is 4.79 Å². The van der Waals surface area contributed by atoms with E-state index in [4.69, 9.17) is 10.7 Å². The van der Waals surface area contributed by atoms with Crippen LogP contribution in [0.4, 0.5) is 5.82 Å². The molecule has 140 valence electrons. The molecule has 2 atom stereocenters. The predicted molar refractivity (Wildman–Crippen MR) is 106 cm³/mol. The summed E-state index contributed by atoms with van der Waals surface area (Å²) in [6.45, 7) is 0.637. The lowest BCUT2D eigenvalue weighted by molar-refractivity contribution is -0.122. The van der Waals surface area contributed by atoms with Crippen molar-refractivity contribution in [3.63, 3.8) is 0 Å². The van der Waals surface area contributed by atoms with Crippen LogP contribution >= 0.6 is 15.9 Å². The van der Waals surface area contributed by atoms with Crippen molar-refractivity contribution in [2.45, 2.75) is 38.1 Å². The summed E-state index contributed by atoms with van der Waals surface area (Å²) in [4.78, 5) is 20.6. The van der Waals surface area contributed by atoms with Crippen molar-refractivity contribution in [3.05, 3.63) is 52.5 Å². The van der Waals surface area contributed by atoms with E-state index >= 15 is 0 Å². The van der Waals surface area contributed by atoms with Crippen LogP contribution in [0, 0.1) is 5.92 Å². The van der Waals surface area contributed by atoms with Gasteiger partial charge in [0.1, 0.15) is 5.82 Å². The minimum Gasteiger partial charge on any atom is -0.369 e. The van der Waals surface area contributed by atoms with Crippen LogP contribution < -0.4 is 11.1 Å². The van der Waals surface area contributed by atoms with Crippen LogP contribution in [-0.2, 0) is 11.3 Å². The van der Waals surface area contributed by atoms with Gasteiger partial charge in [-0.25, -0.2) is 4.98 Å². The number of primary amides is 1. The van der Waals surface area contributed by atoms with E-state index in [0.29, 0.717) is 6.54 Å². The molecule has 3 aromatic heterocycles. The molecule has 0 aliphatic heterocycles. The highest BCUT2D eigenvalue weighted by atomic mass is 79.9. The smallest absolute Gasteiger partial charge is 0.220 e. The third-order valence-electron chi connectivity index (χ3n) is 5.14. The summed E-state index contributed by atoms with van der Waals surface area (Å²) in [5, 5.41) is 7.85. The number of anilines is 1. The molecule has 1 fully saturated rings. The number of rotatable bonds is 5. The van der Waals surface area contributed by atoms with Gasteiger partial charge in [0.05, 0.1) is 10.7 Å². The summed E-state index contributed by atoms with van der Waals surface area (Å²) in [5.74, 6) is 0.816. The SMILES string of the molecule is NC(=O)C1CCCC(c2cc(NCc3cccnc3)n3ncc(Br)c3n2)C1. The molecule has 0 bridgehead atoms. The second kappa shape index (κ2) is 7.64. The molecule has 0 aromatic carbocycles. The predicted octanol–water partition coefficient (Wildman–Crippen LogP) is 3.26. The number of halogens is 1. The van der Waals surface area contributed by atoms with Crippen LogP contribution in [0.2, 0.25) is 0 Å². The maximum Gasteiger partial charge on any atom is 0.220 e. The number of nitrogens with zero attached hydrogens (tertiary/aromatic N) is 4. The molecule has 4 rings (SSSR count). The number of amides is 1. The average molecular weight is 429 g/mol. The molecule has 3 aromatic rings. The van der Waals surface area contributed by atoms with Gasteiger partial charge in [-0.1, -0.05) is 12.5 Å². The van der Waals surface area contributed by atoms with Crippen LogP contribution in [0.3, 0.4) is 0 Å². The van der Waals surface area contributed by atoms with Gasteiger partial charge in [-0.2, -0.15) is 9.61 Å². The van der Waals surface area contributed by atoms with Crippen molar-refractivity contribution in [1.29, 1.82) is 0 Å². The van der Waals surface area contributed by atoms with Crippen molar-refractivity contribution in [2.24, 2.45) is 11.7 Å². The molecule has 0 saturated heterocycles. The van der Waals surface area contributed by atoms with Gasteiger partial charge in [0, 0.05) is 42.5 Å². The molecule has 27 heavy (non-hydrogen) atoms. The lowest BCUT2D eigenvalue weighted by atomic mass is 9.79. The lowest BCUT2D eigenvalue weighted by Crippen LogP contribution is -2.28. The summed E-state index contributed by atoms with van der Waals surface area (Å²) in [6.07, 6.45) is 8.97. The molecule has 0 spiro atoms. The molecule has 1 saturated carbocycles.